The number of ether oxygens (including phenoxy) is 1. The highest BCUT2D eigenvalue weighted by molar-refractivity contribution is 7.80. The Hall–Kier alpha value is -3.42. The third kappa shape index (κ3) is 4.17. The van der Waals surface area contributed by atoms with Crippen LogP contribution in [0, 0.1) is 0 Å². The molecule has 1 aliphatic heterocycles. The lowest BCUT2D eigenvalue weighted by molar-refractivity contribution is 0.340. The van der Waals surface area contributed by atoms with Gasteiger partial charge in [-0.1, -0.05) is 17.7 Å². The normalized spacial score (nSPS) is 17.8. The van der Waals surface area contributed by atoms with E-state index >= 15 is 0 Å². The first-order chi connectivity index (χ1) is 16.2. The van der Waals surface area contributed by atoms with Crippen molar-refractivity contribution in [3.05, 3.63) is 102 Å². The molecular weight excluding hydrogens is 454 g/mol. The Labute approximate surface area is 202 Å². The molecule has 1 aromatic carbocycles. The summed E-state index contributed by atoms with van der Waals surface area (Å²) in [7, 11) is 0. The monoisotopic (exact) mass is 475 g/mol. The number of anilines is 1. The van der Waals surface area contributed by atoms with Crippen LogP contribution in [0.15, 0.2) is 85.3 Å². The number of rotatable bonds is 6. The van der Waals surface area contributed by atoms with Crippen LogP contribution < -0.4 is 15.0 Å². The van der Waals surface area contributed by atoms with Gasteiger partial charge in [0.15, 0.2) is 5.11 Å². The molecule has 0 radical (unpaired) electrons. The summed E-state index contributed by atoms with van der Waals surface area (Å²) in [6, 6.07) is 21.5. The van der Waals surface area contributed by atoms with Crippen LogP contribution in [-0.2, 0) is 0 Å². The van der Waals surface area contributed by atoms with Gasteiger partial charge in [-0.3, -0.25) is 4.98 Å². The van der Waals surface area contributed by atoms with Crippen LogP contribution in [0.4, 0.5) is 5.69 Å². The zero-order chi connectivity index (χ0) is 22.8. The van der Waals surface area contributed by atoms with Crippen molar-refractivity contribution in [3.8, 4) is 11.6 Å². The summed E-state index contributed by atoms with van der Waals surface area (Å²) in [6.07, 6.45) is 5.45. The lowest BCUT2D eigenvalue weighted by Crippen LogP contribution is -2.30. The molecule has 0 amide bonds. The van der Waals surface area contributed by atoms with E-state index in [0.29, 0.717) is 16.7 Å². The summed E-state index contributed by atoms with van der Waals surface area (Å²) < 4.78 is 7.69. The van der Waals surface area contributed by atoms with Crippen LogP contribution in [0.3, 0.4) is 0 Å². The van der Waals surface area contributed by atoms with Crippen molar-refractivity contribution in [3.63, 3.8) is 0 Å². The molecule has 0 spiro atoms. The van der Waals surface area contributed by atoms with E-state index in [4.69, 9.17) is 28.6 Å². The summed E-state index contributed by atoms with van der Waals surface area (Å²) in [6.45, 7) is 2.59. The van der Waals surface area contributed by atoms with Crippen molar-refractivity contribution in [1.29, 1.82) is 0 Å². The first-order valence-electron chi connectivity index (χ1n) is 10.7. The third-order valence-electron chi connectivity index (χ3n) is 5.57. The van der Waals surface area contributed by atoms with Gasteiger partial charge in [0.05, 0.1) is 23.4 Å². The average molecular weight is 476 g/mol. The Balaban J connectivity index is 1.62. The van der Waals surface area contributed by atoms with E-state index in [1.54, 1.807) is 12.4 Å². The zero-order valence-electron chi connectivity index (χ0n) is 17.9. The molecule has 4 aromatic rings. The van der Waals surface area contributed by atoms with Crippen LogP contribution >= 0.6 is 23.8 Å². The highest BCUT2D eigenvalue weighted by Gasteiger charge is 2.42. The molecule has 0 aliphatic carbocycles. The summed E-state index contributed by atoms with van der Waals surface area (Å²) in [5.41, 5.74) is 2.91. The number of nitrogens with one attached hydrogen (secondary N) is 1. The van der Waals surface area contributed by atoms with E-state index in [0.717, 1.165) is 28.6 Å². The molecule has 2 unspecified atom stereocenters. The van der Waals surface area contributed by atoms with Gasteiger partial charge in [-0.15, -0.1) is 0 Å². The minimum atomic E-state index is -0.155. The van der Waals surface area contributed by atoms with Gasteiger partial charge in [0.2, 0.25) is 0 Å². The molecule has 166 valence electrons. The van der Waals surface area contributed by atoms with E-state index in [-0.39, 0.29) is 12.1 Å². The second-order valence-electron chi connectivity index (χ2n) is 7.56. The number of aromatic nitrogens is 3. The van der Waals surface area contributed by atoms with Gasteiger partial charge < -0.3 is 19.5 Å². The van der Waals surface area contributed by atoms with Crippen LogP contribution in [-0.4, -0.2) is 26.3 Å². The molecule has 0 saturated carbocycles. The first-order valence-corrected chi connectivity index (χ1v) is 11.5. The van der Waals surface area contributed by atoms with E-state index in [2.05, 4.69) is 30.8 Å². The van der Waals surface area contributed by atoms with Crippen molar-refractivity contribution >= 4 is 34.6 Å². The number of hydrogen-bond acceptors (Lipinski definition) is 4. The molecule has 0 bridgehead atoms. The number of pyridine rings is 2. The summed E-state index contributed by atoms with van der Waals surface area (Å²) in [5.74, 6) is 1.61. The van der Waals surface area contributed by atoms with Crippen molar-refractivity contribution in [2.45, 2.75) is 19.0 Å². The zero-order valence-corrected chi connectivity index (χ0v) is 19.5. The minimum absolute atomic E-state index is 0.147. The predicted molar refractivity (Wildman–Crippen MR) is 134 cm³/mol. The number of hydrogen-bond donors (Lipinski definition) is 1. The highest BCUT2D eigenvalue weighted by Crippen LogP contribution is 2.42. The summed E-state index contributed by atoms with van der Waals surface area (Å²) >= 11 is 11.9. The molecule has 1 N–H and O–H groups in total. The number of halogens is 1. The molecular formula is C25H22ClN5OS. The van der Waals surface area contributed by atoms with Gasteiger partial charge >= 0.3 is 0 Å². The number of nitrogens with zero attached hydrogens (tertiary/aromatic N) is 4. The lowest BCUT2D eigenvalue weighted by Gasteiger charge is -2.29. The Morgan fingerprint density at radius 2 is 1.88 bits per heavy atom. The molecule has 6 nitrogen and oxygen atoms in total. The molecule has 1 saturated heterocycles. The maximum atomic E-state index is 6.08. The van der Waals surface area contributed by atoms with Gasteiger partial charge in [-0.25, -0.2) is 4.98 Å². The smallest absolute Gasteiger partial charge is 0.174 e. The van der Waals surface area contributed by atoms with Gasteiger partial charge in [-0.2, -0.15) is 0 Å². The van der Waals surface area contributed by atoms with E-state index in [1.807, 2.05) is 73.8 Å². The fraction of sp³-hybridized carbons (Fsp3) is 0.160. The molecule has 4 heterocycles. The Morgan fingerprint density at radius 1 is 1.03 bits per heavy atom. The van der Waals surface area contributed by atoms with Gasteiger partial charge in [0, 0.05) is 30.0 Å². The second kappa shape index (κ2) is 9.21. The third-order valence-corrected chi connectivity index (χ3v) is 6.10. The largest absolute Gasteiger partial charge is 0.494 e. The maximum absolute atomic E-state index is 6.08. The average Bonchev–Trinajstić information content (AvgIpc) is 3.45. The number of benzene rings is 1. The van der Waals surface area contributed by atoms with Crippen LogP contribution in [0.1, 0.15) is 30.4 Å². The molecule has 8 heteroatoms. The SMILES string of the molecule is CCOc1ccc(N2C(=S)NC(c3ccccn3)C2c2cccn2-c2ccc(Cl)cn2)cc1. The minimum Gasteiger partial charge on any atom is -0.494 e. The van der Waals surface area contributed by atoms with E-state index < -0.39 is 0 Å². The Morgan fingerprint density at radius 3 is 2.58 bits per heavy atom. The molecule has 33 heavy (non-hydrogen) atoms. The molecule has 1 fully saturated rings. The topological polar surface area (TPSA) is 55.2 Å². The van der Waals surface area contributed by atoms with Crippen LogP contribution in [0.5, 0.6) is 5.75 Å². The standard InChI is InChI=1S/C25H22ClN5OS/c1-2-32-19-11-9-18(10-12-19)31-24(23(29-25(31)33)20-6-3-4-14-27-20)21-7-5-15-30(21)22-13-8-17(26)16-28-22/h3-16,23-24H,2H2,1H3,(H,29,33). The lowest BCUT2D eigenvalue weighted by atomic mass is 10.0. The molecule has 1 aliphatic rings. The predicted octanol–water partition coefficient (Wildman–Crippen LogP) is 5.50. The second-order valence-corrected chi connectivity index (χ2v) is 8.38. The van der Waals surface area contributed by atoms with Gasteiger partial charge in [0.1, 0.15) is 17.6 Å². The van der Waals surface area contributed by atoms with Crippen molar-refractivity contribution in [1.82, 2.24) is 19.9 Å². The fourth-order valence-corrected chi connectivity index (χ4v) is 4.62. The quantitative estimate of drug-likeness (QED) is 0.372. The van der Waals surface area contributed by atoms with Crippen molar-refractivity contribution in [2.24, 2.45) is 0 Å². The Bertz CT molecular complexity index is 1240. The summed E-state index contributed by atoms with van der Waals surface area (Å²) in [5, 5.41) is 4.73. The molecule has 3 aromatic heterocycles. The van der Waals surface area contributed by atoms with E-state index in [1.165, 1.54) is 0 Å². The number of thiocarbonyl (C=S) groups is 1. The van der Waals surface area contributed by atoms with Crippen LogP contribution in [0.2, 0.25) is 5.02 Å². The summed E-state index contributed by atoms with van der Waals surface area (Å²) in [4.78, 5) is 11.3. The highest BCUT2D eigenvalue weighted by atomic mass is 35.5. The fourth-order valence-electron chi connectivity index (χ4n) is 4.16. The molecule has 5 rings (SSSR count). The van der Waals surface area contributed by atoms with Crippen molar-refractivity contribution < 1.29 is 4.74 Å². The Kier molecular flexibility index (Phi) is 5.98. The van der Waals surface area contributed by atoms with Gasteiger partial charge in [0.25, 0.3) is 0 Å². The van der Waals surface area contributed by atoms with Gasteiger partial charge in [-0.05, 0) is 79.8 Å². The molecule has 2 atom stereocenters. The van der Waals surface area contributed by atoms with E-state index in [9.17, 15) is 0 Å². The maximum Gasteiger partial charge on any atom is 0.174 e. The van der Waals surface area contributed by atoms with Crippen molar-refractivity contribution in [2.75, 3.05) is 11.5 Å². The van der Waals surface area contributed by atoms with Crippen LogP contribution in [0.25, 0.3) is 5.82 Å². The first kappa shape index (κ1) is 21.4.